The molecule has 26 heavy (non-hydrogen) atoms. The summed E-state index contributed by atoms with van der Waals surface area (Å²) >= 11 is 0. The first-order chi connectivity index (χ1) is 12.5. The van der Waals surface area contributed by atoms with Gasteiger partial charge in [-0.1, -0.05) is 63.6 Å². The van der Waals surface area contributed by atoms with Crippen LogP contribution in [0.1, 0.15) is 65.5 Å². The average molecular weight is 349 g/mol. The van der Waals surface area contributed by atoms with Gasteiger partial charge >= 0.3 is 0 Å². The molecule has 4 nitrogen and oxygen atoms in total. The van der Waals surface area contributed by atoms with Crippen molar-refractivity contribution in [2.75, 3.05) is 5.32 Å². The smallest absolute Gasteiger partial charge is 0.227 e. The van der Waals surface area contributed by atoms with Crippen LogP contribution in [-0.4, -0.2) is 17.5 Å². The van der Waals surface area contributed by atoms with E-state index in [1.807, 2.05) is 6.92 Å². The number of carbonyl (C=O) groups is 3. The Balaban J connectivity index is 2.01. The number of anilines is 1. The summed E-state index contributed by atoms with van der Waals surface area (Å²) in [5, 5.41) is 2.91. The zero-order valence-electron chi connectivity index (χ0n) is 15.3. The molecule has 0 heterocycles. The Labute approximate surface area is 153 Å². The molecule has 1 aliphatic carbocycles. The largest absolute Gasteiger partial charge is 0.325 e. The van der Waals surface area contributed by atoms with E-state index in [4.69, 9.17) is 0 Å². The summed E-state index contributed by atoms with van der Waals surface area (Å²) in [6.07, 6.45) is 1.63. The van der Waals surface area contributed by atoms with Gasteiger partial charge in [-0.05, 0) is 18.4 Å². The maximum Gasteiger partial charge on any atom is 0.227 e. The minimum absolute atomic E-state index is 0.102. The second-order valence-electron chi connectivity index (χ2n) is 6.82. The van der Waals surface area contributed by atoms with Crippen molar-refractivity contribution in [3.63, 3.8) is 0 Å². The number of hydrogen-bond acceptors (Lipinski definition) is 3. The molecule has 0 fully saturated rings. The quantitative estimate of drug-likeness (QED) is 0.739. The van der Waals surface area contributed by atoms with E-state index in [1.165, 1.54) is 0 Å². The molecule has 4 heteroatoms. The second kappa shape index (κ2) is 7.24. The lowest BCUT2D eigenvalue weighted by molar-refractivity contribution is -0.121. The van der Waals surface area contributed by atoms with Crippen LogP contribution in [0.25, 0.3) is 0 Å². The van der Waals surface area contributed by atoms with E-state index in [0.29, 0.717) is 27.9 Å². The Morgan fingerprint density at radius 1 is 0.885 bits per heavy atom. The SMILES string of the molecule is CCC(C)C(CC)C(=O)Nc1cccc2c1C(=O)c1ccccc1C2=O. The molecule has 0 aromatic heterocycles. The van der Waals surface area contributed by atoms with Crippen molar-refractivity contribution in [2.45, 2.75) is 33.6 Å². The topological polar surface area (TPSA) is 63.2 Å². The lowest BCUT2D eigenvalue weighted by Gasteiger charge is -2.23. The van der Waals surface area contributed by atoms with Crippen LogP contribution in [-0.2, 0) is 4.79 Å². The van der Waals surface area contributed by atoms with E-state index in [2.05, 4.69) is 19.2 Å². The maximum atomic E-state index is 13.0. The molecule has 2 atom stereocenters. The fourth-order valence-corrected chi connectivity index (χ4v) is 3.61. The van der Waals surface area contributed by atoms with E-state index < -0.39 is 0 Å². The van der Waals surface area contributed by atoms with Gasteiger partial charge in [0.1, 0.15) is 0 Å². The number of ketones is 2. The zero-order valence-corrected chi connectivity index (χ0v) is 15.3. The molecular formula is C22H23NO3. The van der Waals surface area contributed by atoms with Crippen LogP contribution in [0.3, 0.4) is 0 Å². The first-order valence-corrected chi connectivity index (χ1v) is 9.11. The van der Waals surface area contributed by atoms with Crippen molar-refractivity contribution in [2.24, 2.45) is 11.8 Å². The van der Waals surface area contributed by atoms with Crippen LogP contribution in [0, 0.1) is 11.8 Å². The Morgan fingerprint density at radius 3 is 2.12 bits per heavy atom. The minimum Gasteiger partial charge on any atom is -0.325 e. The number of rotatable bonds is 5. The summed E-state index contributed by atoms with van der Waals surface area (Å²) in [7, 11) is 0. The first kappa shape index (κ1) is 18.1. The molecule has 1 amide bonds. The summed E-state index contributed by atoms with van der Waals surface area (Å²) in [5.41, 5.74) is 1.87. The summed E-state index contributed by atoms with van der Waals surface area (Å²) in [4.78, 5) is 38.5. The monoisotopic (exact) mass is 349 g/mol. The van der Waals surface area contributed by atoms with Crippen LogP contribution in [0.15, 0.2) is 42.5 Å². The number of fused-ring (bicyclic) bond motifs is 2. The van der Waals surface area contributed by atoms with Gasteiger partial charge in [0.15, 0.2) is 11.6 Å². The first-order valence-electron chi connectivity index (χ1n) is 9.11. The number of nitrogens with one attached hydrogen (secondary N) is 1. The molecule has 0 aliphatic heterocycles. The van der Waals surface area contributed by atoms with Crippen LogP contribution in [0.5, 0.6) is 0 Å². The molecule has 0 saturated carbocycles. The van der Waals surface area contributed by atoms with Crippen molar-refractivity contribution in [1.82, 2.24) is 0 Å². The van der Waals surface area contributed by atoms with Gasteiger partial charge in [-0.2, -0.15) is 0 Å². The van der Waals surface area contributed by atoms with Crippen LogP contribution in [0.4, 0.5) is 5.69 Å². The van der Waals surface area contributed by atoms with Crippen molar-refractivity contribution in [3.8, 4) is 0 Å². The molecular weight excluding hydrogens is 326 g/mol. The lowest BCUT2D eigenvalue weighted by Crippen LogP contribution is -2.29. The van der Waals surface area contributed by atoms with Crippen molar-refractivity contribution < 1.29 is 14.4 Å². The van der Waals surface area contributed by atoms with Gasteiger partial charge in [-0.3, -0.25) is 14.4 Å². The fraction of sp³-hybridized carbons (Fsp3) is 0.318. The zero-order chi connectivity index (χ0) is 18.8. The van der Waals surface area contributed by atoms with E-state index >= 15 is 0 Å². The molecule has 0 saturated heterocycles. The van der Waals surface area contributed by atoms with Crippen LogP contribution in [0.2, 0.25) is 0 Å². The van der Waals surface area contributed by atoms with Gasteiger partial charge in [0, 0.05) is 22.6 Å². The maximum absolute atomic E-state index is 13.0. The molecule has 1 aliphatic rings. The minimum atomic E-state index is -0.220. The highest BCUT2D eigenvalue weighted by Crippen LogP contribution is 2.32. The predicted molar refractivity (Wildman–Crippen MR) is 102 cm³/mol. The number of hydrogen-bond donors (Lipinski definition) is 1. The van der Waals surface area contributed by atoms with E-state index in [9.17, 15) is 14.4 Å². The number of benzene rings is 2. The Hall–Kier alpha value is -2.75. The van der Waals surface area contributed by atoms with Gasteiger partial charge in [0.2, 0.25) is 5.91 Å². The third-order valence-corrected chi connectivity index (χ3v) is 5.32. The van der Waals surface area contributed by atoms with E-state index in [1.54, 1.807) is 42.5 Å². The van der Waals surface area contributed by atoms with Crippen LogP contribution >= 0.6 is 0 Å². The summed E-state index contributed by atoms with van der Waals surface area (Å²) in [6.45, 7) is 6.10. The second-order valence-corrected chi connectivity index (χ2v) is 6.82. The lowest BCUT2D eigenvalue weighted by atomic mass is 9.83. The van der Waals surface area contributed by atoms with Gasteiger partial charge in [0.05, 0.1) is 11.3 Å². The van der Waals surface area contributed by atoms with Gasteiger partial charge < -0.3 is 5.32 Å². The van der Waals surface area contributed by atoms with Crippen molar-refractivity contribution in [1.29, 1.82) is 0 Å². The van der Waals surface area contributed by atoms with E-state index in [-0.39, 0.29) is 29.3 Å². The summed E-state index contributed by atoms with van der Waals surface area (Å²) in [6, 6.07) is 11.9. The summed E-state index contributed by atoms with van der Waals surface area (Å²) < 4.78 is 0. The Kier molecular flexibility index (Phi) is 5.03. The third kappa shape index (κ3) is 2.96. The van der Waals surface area contributed by atoms with Gasteiger partial charge in [-0.15, -0.1) is 0 Å². The van der Waals surface area contributed by atoms with Crippen molar-refractivity contribution in [3.05, 3.63) is 64.7 Å². The average Bonchev–Trinajstić information content (AvgIpc) is 2.66. The number of amides is 1. The predicted octanol–water partition coefficient (Wildman–Crippen LogP) is 4.47. The molecule has 3 rings (SSSR count). The highest BCUT2D eigenvalue weighted by atomic mass is 16.2. The molecule has 134 valence electrons. The molecule has 0 radical (unpaired) electrons. The molecule has 2 aromatic carbocycles. The highest BCUT2D eigenvalue weighted by Gasteiger charge is 2.32. The van der Waals surface area contributed by atoms with Crippen LogP contribution < -0.4 is 5.32 Å². The Bertz CT molecular complexity index is 885. The third-order valence-electron chi connectivity index (χ3n) is 5.32. The molecule has 2 aromatic rings. The molecule has 0 bridgehead atoms. The normalized spacial score (nSPS) is 15.0. The Morgan fingerprint density at radius 2 is 1.50 bits per heavy atom. The summed E-state index contributed by atoms with van der Waals surface area (Å²) in [5.74, 6) is -0.382. The fourth-order valence-electron chi connectivity index (χ4n) is 3.61. The van der Waals surface area contributed by atoms with Gasteiger partial charge in [-0.25, -0.2) is 0 Å². The molecule has 0 spiro atoms. The van der Waals surface area contributed by atoms with E-state index in [0.717, 1.165) is 12.8 Å². The molecule has 2 unspecified atom stereocenters. The number of carbonyl (C=O) groups excluding carboxylic acids is 3. The highest BCUT2D eigenvalue weighted by molar-refractivity contribution is 6.30. The molecule has 1 N–H and O–H groups in total. The van der Waals surface area contributed by atoms with Gasteiger partial charge in [0.25, 0.3) is 0 Å². The standard InChI is InChI=1S/C22H23NO3/c1-4-13(3)14(5-2)22(26)23-18-12-8-11-17-19(18)21(25)16-10-7-6-9-15(16)20(17)24/h6-14H,4-5H2,1-3H3,(H,23,26). The van der Waals surface area contributed by atoms with Crippen molar-refractivity contribution >= 4 is 23.2 Å².